The molecule has 1 saturated heterocycles. The SMILES string of the molecule is FC(F)(F)C1CC(Cl)CC(Cl)N1. The summed E-state index contributed by atoms with van der Waals surface area (Å²) in [7, 11) is 0. The van der Waals surface area contributed by atoms with Gasteiger partial charge in [-0.2, -0.15) is 13.2 Å². The molecular formula is C6H8Cl2F3N. The summed E-state index contributed by atoms with van der Waals surface area (Å²) in [5, 5.41) is 1.76. The second kappa shape index (κ2) is 3.60. The molecule has 0 radical (unpaired) electrons. The van der Waals surface area contributed by atoms with Crippen molar-refractivity contribution in [3.63, 3.8) is 0 Å². The smallest absolute Gasteiger partial charge is 0.290 e. The van der Waals surface area contributed by atoms with Gasteiger partial charge in [0.2, 0.25) is 0 Å². The largest absolute Gasteiger partial charge is 0.403 e. The summed E-state index contributed by atoms with van der Waals surface area (Å²) in [6, 6.07) is -1.56. The molecule has 0 aromatic heterocycles. The number of halogens is 5. The van der Waals surface area contributed by atoms with Crippen LogP contribution in [0.2, 0.25) is 0 Å². The summed E-state index contributed by atoms with van der Waals surface area (Å²) in [5.74, 6) is 0. The average Bonchev–Trinajstić information content (AvgIpc) is 1.82. The Bertz CT molecular complexity index is 151. The number of piperidine rings is 1. The first-order chi connectivity index (χ1) is 5.39. The minimum absolute atomic E-state index is 0.103. The zero-order valence-electron chi connectivity index (χ0n) is 6.04. The van der Waals surface area contributed by atoms with Gasteiger partial charge in [0.25, 0.3) is 0 Å². The van der Waals surface area contributed by atoms with Gasteiger partial charge in [0.05, 0.1) is 5.50 Å². The third-order valence-electron chi connectivity index (χ3n) is 1.73. The molecule has 0 saturated carbocycles. The van der Waals surface area contributed by atoms with Crippen LogP contribution in [0.15, 0.2) is 0 Å². The van der Waals surface area contributed by atoms with Crippen molar-refractivity contribution in [2.24, 2.45) is 0 Å². The van der Waals surface area contributed by atoms with Crippen molar-refractivity contribution >= 4 is 23.2 Å². The average molecular weight is 222 g/mol. The van der Waals surface area contributed by atoms with Crippen LogP contribution in [0.3, 0.4) is 0 Å². The first-order valence-electron chi connectivity index (χ1n) is 3.50. The van der Waals surface area contributed by atoms with Crippen molar-refractivity contribution in [1.29, 1.82) is 0 Å². The maximum absolute atomic E-state index is 12.1. The topological polar surface area (TPSA) is 12.0 Å². The van der Waals surface area contributed by atoms with Crippen LogP contribution in [0.4, 0.5) is 13.2 Å². The van der Waals surface area contributed by atoms with Gasteiger partial charge in [0.15, 0.2) is 0 Å². The fourth-order valence-corrected chi connectivity index (χ4v) is 1.97. The number of hydrogen-bond donors (Lipinski definition) is 1. The number of hydrogen-bond acceptors (Lipinski definition) is 1. The van der Waals surface area contributed by atoms with Crippen molar-refractivity contribution in [2.75, 3.05) is 0 Å². The molecule has 6 heteroatoms. The molecule has 0 aromatic carbocycles. The first-order valence-corrected chi connectivity index (χ1v) is 4.38. The molecule has 1 N–H and O–H groups in total. The van der Waals surface area contributed by atoms with E-state index in [4.69, 9.17) is 23.2 Å². The molecular weight excluding hydrogens is 214 g/mol. The van der Waals surface area contributed by atoms with Crippen LogP contribution in [0, 0.1) is 0 Å². The van der Waals surface area contributed by atoms with E-state index < -0.39 is 23.1 Å². The van der Waals surface area contributed by atoms with Gasteiger partial charge >= 0.3 is 6.18 Å². The zero-order valence-corrected chi connectivity index (χ0v) is 7.55. The van der Waals surface area contributed by atoms with Crippen molar-refractivity contribution in [2.45, 2.75) is 35.9 Å². The predicted octanol–water partition coefficient (Wildman–Crippen LogP) is 2.47. The highest BCUT2D eigenvalue weighted by atomic mass is 35.5. The molecule has 0 aliphatic carbocycles. The van der Waals surface area contributed by atoms with Crippen molar-refractivity contribution in [3.05, 3.63) is 0 Å². The lowest BCUT2D eigenvalue weighted by molar-refractivity contribution is -0.160. The molecule has 0 spiro atoms. The lowest BCUT2D eigenvalue weighted by Gasteiger charge is -2.31. The molecule has 0 aromatic rings. The Morgan fingerprint density at radius 3 is 2.17 bits per heavy atom. The van der Waals surface area contributed by atoms with E-state index in [2.05, 4.69) is 5.32 Å². The first kappa shape index (κ1) is 10.4. The van der Waals surface area contributed by atoms with Gasteiger partial charge in [0, 0.05) is 5.38 Å². The van der Waals surface area contributed by atoms with Crippen LogP contribution < -0.4 is 5.32 Å². The molecule has 1 rings (SSSR count). The summed E-state index contributed by atoms with van der Waals surface area (Å²) in [6.45, 7) is 0. The van der Waals surface area contributed by atoms with Gasteiger partial charge < -0.3 is 0 Å². The zero-order chi connectivity index (χ0) is 9.35. The number of alkyl halides is 5. The Morgan fingerprint density at radius 1 is 1.17 bits per heavy atom. The lowest BCUT2D eigenvalue weighted by atomic mass is 10.0. The fourth-order valence-electron chi connectivity index (χ4n) is 1.16. The Hall–Kier alpha value is 0.330. The highest BCUT2D eigenvalue weighted by molar-refractivity contribution is 6.23. The molecule has 0 bridgehead atoms. The van der Waals surface area contributed by atoms with Gasteiger partial charge in [-0.05, 0) is 12.8 Å². The van der Waals surface area contributed by atoms with E-state index in [1.165, 1.54) is 0 Å². The van der Waals surface area contributed by atoms with E-state index in [0.29, 0.717) is 6.42 Å². The van der Waals surface area contributed by atoms with E-state index in [9.17, 15) is 13.2 Å². The molecule has 1 heterocycles. The minimum Gasteiger partial charge on any atom is -0.290 e. The summed E-state index contributed by atoms with van der Waals surface area (Å²) >= 11 is 11.1. The molecule has 1 fully saturated rings. The van der Waals surface area contributed by atoms with Gasteiger partial charge in [-0.1, -0.05) is 0 Å². The third kappa shape index (κ3) is 2.68. The summed E-state index contributed by atoms with van der Waals surface area (Å²) < 4.78 is 36.3. The summed E-state index contributed by atoms with van der Waals surface area (Å²) in [5.41, 5.74) is -0.673. The van der Waals surface area contributed by atoms with Crippen LogP contribution in [0.5, 0.6) is 0 Å². The second-order valence-electron chi connectivity index (χ2n) is 2.80. The Kier molecular flexibility index (Phi) is 3.12. The van der Waals surface area contributed by atoms with Crippen LogP contribution in [-0.4, -0.2) is 23.1 Å². The standard InChI is InChI=1S/C6H8Cl2F3N/c7-3-1-4(6(9,10)11)12-5(8)2-3/h3-5,12H,1-2H2. The van der Waals surface area contributed by atoms with Crippen molar-refractivity contribution in [1.82, 2.24) is 5.32 Å². The van der Waals surface area contributed by atoms with Crippen molar-refractivity contribution in [3.8, 4) is 0 Å². The fraction of sp³-hybridized carbons (Fsp3) is 1.00. The molecule has 0 amide bonds. The van der Waals surface area contributed by atoms with Crippen molar-refractivity contribution < 1.29 is 13.2 Å². The third-order valence-corrected chi connectivity index (χ3v) is 2.39. The van der Waals surface area contributed by atoms with Gasteiger partial charge in [-0.15, -0.1) is 23.2 Å². The number of rotatable bonds is 0. The highest BCUT2D eigenvalue weighted by Gasteiger charge is 2.43. The Morgan fingerprint density at radius 2 is 1.75 bits per heavy atom. The van der Waals surface area contributed by atoms with E-state index in [0.717, 1.165) is 0 Å². The maximum Gasteiger partial charge on any atom is 0.403 e. The molecule has 12 heavy (non-hydrogen) atoms. The highest BCUT2D eigenvalue weighted by Crippen LogP contribution is 2.30. The van der Waals surface area contributed by atoms with Crippen LogP contribution in [-0.2, 0) is 0 Å². The minimum atomic E-state index is -4.25. The molecule has 1 aliphatic heterocycles. The normalized spacial score (nSPS) is 38.2. The van der Waals surface area contributed by atoms with E-state index in [1.807, 2.05) is 0 Å². The Labute approximate surface area is 78.2 Å². The van der Waals surface area contributed by atoms with Crippen LogP contribution >= 0.6 is 23.2 Å². The van der Waals surface area contributed by atoms with Crippen LogP contribution in [0.1, 0.15) is 12.8 Å². The van der Waals surface area contributed by atoms with Gasteiger partial charge in [-0.3, -0.25) is 5.32 Å². The van der Waals surface area contributed by atoms with E-state index in [-0.39, 0.29) is 6.42 Å². The molecule has 1 aliphatic rings. The van der Waals surface area contributed by atoms with Crippen LogP contribution in [0.25, 0.3) is 0 Å². The quantitative estimate of drug-likeness (QED) is 0.490. The molecule has 1 nitrogen and oxygen atoms in total. The molecule has 3 atom stereocenters. The lowest BCUT2D eigenvalue weighted by Crippen LogP contribution is -2.51. The second-order valence-corrected chi connectivity index (χ2v) is 3.94. The summed E-state index contributed by atoms with van der Waals surface area (Å²) in [4.78, 5) is 0. The molecule has 72 valence electrons. The summed E-state index contributed by atoms with van der Waals surface area (Å²) in [6.07, 6.45) is -3.98. The Balaban J connectivity index is 2.55. The number of nitrogens with one attached hydrogen (secondary N) is 1. The van der Waals surface area contributed by atoms with Gasteiger partial charge in [0.1, 0.15) is 6.04 Å². The monoisotopic (exact) mass is 221 g/mol. The van der Waals surface area contributed by atoms with E-state index in [1.54, 1.807) is 0 Å². The predicted molar refractivity (Wildman–Crippen MR) is 41.5 cm³/mol. The van der Waals surface area contributed by atoms with Gasteiger partial charge in [-0.25, -0.2) is 0 Å². The molecule has 3 unspecified atom stereocenters. The maximum atomic E-state index is 12.1. The van der Waals surface area contributed by atoms with E-state index >= 15 is 0 Å².